The molecule has 148 valence electrons. The zero-order chi connectivity index (χ0) is 20.4. The van der Waals surface area contributed by atoms with Crippen LogP contribution in [0.5, 0.6) is 5.75 Å². The number of thiophene rings is 1. The predicted octanol–water partition coefficient (Wildman–Crippen LogP) is 4.86. The van der Waals surface area contributed by atoms with Crippen molar-refractivity contribution in [1.82, 2.24) is 14.3 Å². The maximum Gasteiger partial charge on any atom is 0.254 e. The van der Waals surface area contributed by atoms with Crippen molar-refractivity contribution < 1.29 is 9.53 Å². The third kappa shape index (κ3) is 4.32. The predicted molar refractivity (Wildman–Crippen MR) is 116 cm³/mol. The molecule has 3 aromatic heterocycles. The van der Waals surface area contributed by atoms with Gasteiger partial charge in [-0.1, -0.05) is 12.1 Å². The standard InChI is InChI=1S/C23H23N3O2S/c1-16-7-8-22-24-19(13-26(22)12-16)15-28-20-6-4-5-18(11-20)23(27)25(3)14-21-17(2)9-10-29-21/h4-13H,14-15H2,1-3H3. The smallest absolute Gasteiger partial charge is 0.254 e. The van der Waals surface area contributed by atoms with Gasteiger partial charge in [0.2, 0.25) is 0 Å². The topological polar surface area (TPSA) is 46.8 Å². The second kappa shape index (κ2) is 8.09. The highest BCUT2D eigenvalue weighted by Crippen LogP contribution is 2.20. The van der Waals surface area contributed by atoms with Crippen molar-refractivity contribution in [2.75, 3.05) is 7.05 Å². The normalized spacial score (nSPS) is 11.0. The molecule has 0 aliphatic heterocycles. The van der Waals surface area contributed by atoms with E-state index in [9.17, 15) is 4.79 Å². The molecule has 5 nitrogen and oxygen atoms in total. The van der Waals surface area contributed by atoms with Crippen molar-refractivity contribution in [3.63, 3.8) is 0 Å². The molecule has 29 heavy (non-hydrogen) atoms. The van der Waals surface area contributed by atoms with Crippen LogP contribution in [0.4, 0.5) is 0 Å². The maximum atomic E-state index is 12.8. The molecule has 0 radical (unpaired) electrons. The molecule has 0 bridgehead atoms. The van der Waals surface area contributed by atoms with Crippen molar-refractivity contribution in [1.29, 1.82) is 0 Å². The number of carbonyl (C=O) groups is 1. The highest BCUT2D eigenvalue weighted by atomic mass is 32.1. The van der Waals surface area contributed by atoms with E-state index in [1.807, 2.05) is 54.2 Å². The van der Waals surface area contributed by atoms with E-state index in [1.165, 1.54) is 16.0 Å². The summed E-state index contributed by atoms with van der Waals surface area (Å²) in [4.78, 5) is 20.3. The highest BCUT2D eigenvalue weighted by molar-refractivity contribution is 7.10. The fourth-order valence-electron chi connectivity index (χ4n) is 3.17. The van der Waals surface area contributed by atoms with Gasteiger partial charge in [-0.15, -0.1) is 11.3 Å². The van der Waals surface area contributed by atoms with E-state index in [0.29, 0.717) is 24.5 Å². The molecule has 0 unspecified atom stereocenters. The Balaban J connectivity index is 1.43. The van der Waals surface area contributed by atoms with Crippen LogP contribution in [0, 0.1) is 13.8 Å². The summed E-state index contributed by atoms with van der Waals surface area (Å²) in [5, 5.41) is 2.05. The number of aromatic nitrogens is 2. The summed E-state index contributed by atoms with van der Waals surface area (Å²) < 4.78 is 7.90. The number of hydrogen-bond acceptors (Lipinski definition) is 4. The average molecular weight is 406 g/mol. The summed E-state index contributed by atoms with van der Waals surface area (Å²) in [6, 6.07) is 13.4. The Morgan fingerprint density at radius 2 is 2.03 bits per heavy atom. The minimum absolute atomic E-state index is 0.0218. The number of benzene rings is 1. The van der Waals surface area contributed by atoms with Crippen LogP contribution >= 0.6 is 11.3 Å². The summed E-state index contributed by atoms with van der Waals surface area (Å²) in [5.74, 6) is 0.635. The van der Waals surface area contributed by atoms with Gasteiger partial charge in [-0.05, 0) is 60.7 Å². The molecule has 0 aliphatic carbocycles. The van der Waals surface area contributed by atoms with E-state index in [1.54, 1.807) is 22.3 Å². The second-order valence-corrected chi connectivity index (χ2v) is 8.21. The van der Waals surface area contributed by atoms with E-state index in [4.69, 9.17) is 4.74 Å². The number of rotatable bonds is 6. The quantitative estimate of drug-likeness (QED) is 0.460. The van der Waals surface area contributed by atoms with Gasteiger partial charge in [0, 0.05) is 29.9 Å². The summed E-state index contributed by atoms with van der Waals surface area (Å²) in [6.07, 6.45) is 4.00. The third-order valence-corrected chi connectivity index (χ3v) is 5.82. The Morgan fingerprint density at radius 3 is 2.83 bits per heavy atom. The fraction of sp³-hybridized carbons (Fsp3) is 0.217. The summed E-state index contributed by atoms with van der Waals surface area (Å²) in [6.45, 7) is 5.07. The number of imidazole rings is 1. The maximum absolute atomic E-state index is 12.8. The minimum Gasteiger partial charge on any atom is -0.487 e. The van der Waals surface area contributed by atoms with Gasteiger partial charge in [0.25, 0.3) is 5.91 Å². The molecule has 6 heteroatoms. The monoisotopic (exact) mass is 405 g/mol. The van der Waals surface area contributed by atoms with Gasteiger partial charge in [0.1, 0.15) is 18.0 Å². The highest BCUT2D eigenvalue weighted by Gasteiger charge is 2.14. The van der Waals surface area contributed by atoms with Crippen LogP contribution in [-0.4, -0.2) is 27.2 Å². The summed E-state index contributed by atoms with van der Waals surface area (Å²) >= 11 is 1.67. The molecule has 0 saturated carbocycles. The van der Waals surface area contributed by atoms with Gasteiger partial charge in [-0.2, -0.15) is 0 Å². The molecule has 1 aromatic carbocycles. The molecule has 0 N–H and O–H groups in total. The number of fused-ring (bicyclic) bond motifs is 1. The number of amides is 1. The largest absolute Gasteiger partial charge is 0.487 e. The molecule has 0 fully saturated rings. The Kier molecular flexibility index (Phi) is 5.36. The van der Waals surface area contributed by atoms with Crippen molar-refractivity contribution >= 4 is 22.9 Å². The molecule has 0 atom stereocenters. The van der Waals surface area contributed by atoms with Crippen LogP contribution in [0.15, 0.2) is 60.2 Å². The lowest BCUT2D eigenvalue weighted by Gasteiger charge is -2.17. The third-order valence-electron chi connectivity index (χ3n) is 4.81. The number of nitrogens with zero attached hydrogens (tertiary/aromatic N) is 3. The zero-order valence-corrected chi connectivity index (χ0v) is 17.6. The number of aryl methyl sites for hydroxylation is 2. The SMILES string of the molecule is Cc1ccc2nc(COc3cccc(C(=O)N(C)Cc4sccc4C)c3)cn2c1. The minimum atomic E-state index is -0.0218. The van der Waals surface area contributed by atoms with Gasteiger partial charge in [-0.25, -0.2) is 4.98 Å². The molecule has 4 rings (SSSR count). The Labute approximate surface area is 174 Å². The van der Waals surface area contributed by atoms with Crippen LogP contribution in [-0.2, 0) is 13.2 Å². The average Bonchev–Trinajstić information content (AvgIpc) is 3.31. The fourth-order valence-corrected chi connectivity index (χ4v) is 4.13. The van der Waals surface area contributed by atoms with Gasteiger partial charge in [0.05, 0.1) is 12.2 Å². The first kappa shape index (κ1) is 19.2. The van der Waals surface area contributed by atoms with E-state index in [2.05, 4.69) is 30.3 Å². The Bertz CT molecular complexity index is 1160. The van der Waals surface area contributed by atoms with Crippen LogP contribution in [0.3, 0.4) is 0 Å². The first-order valence-corrected chi connectivity index (χ1v) is 10.3. The molecular weight excluding hydrogens is 382 g/mol. The molecule has 0 spiro atoms. The Morgan fingerprint density at radius 1 is 1.17 bits per heavy atom. The molecule has 0 saturated heterocycles. The van der Waals surface area contributed by atoms with Crippen molar-refractivity contribution in [2.24, 2.45) is 0 Å². The second-order valence-electron chi connectivity index (χ2n) is 7.21. The molecule has 4 aromatic rings. The van der Waals surface area contributed by atoms with Gasteiger partial charge in [-0.3, -0.25) is 4.79 Å². The number of pyridine rings is 1. The first-order valence-electron chi connectivity index (χ1n) is 9.45. The molecule has 3 heterocycles. The van der Waals surface area contributed by atoms with Crippen LogP contribution in [0.1, 0.15) is 32.1 Å². The zero-order valence-electron chi connectivity index (χ0n) is 16.8. The number of carbonyl (C=O) groups excluding carboxylic acids is 1. The molecular formula is C23H23N3O2S. The van der Waals surface area contributed by atoms with Crippen LogP contribution in [0.2, 0.25) is 0 Å². The first-order chi connectivity index (χ1) is 14.0. The molecule has 0 aliphatic rings. The van der Waals surface area contributed by atoms with Gasteiger partial charge in [0.15, 0.2) is 0 Å². The van der Waals surface area contributed by atoms with Crippen LogP contribution < -0.4 is 4.74 Å². The van der Waals surface area contributed by atoms with Gasteiger partial charge >= 0.3 is 0 Å². The molecule has 1 amide bonds. The van der Waals surface area contributed by atoms with E-state index in [-0.39, 0.29) is 5.91 Å². The van der Waals surface area contributed by atoms with E-state index in [0.717, 1.165) is 11.3 Å². The lowest BCUT2D eigenvalue weighted by atomic mass is 10.2. The van der Waals surface area contributed by atoms with Crippen LogP contribution in [0.25, 0.3) is 5.65 Å². The summed E-state index contributed by atoms with van der Waals surface area (Å²) in [7, 11) is 1.83. The number of ether oxygens (including phenoxy) is 1. The van der Waals surface area contributed by atoms with Crippen molar-refractivity contribution in [3.8, 4) is 5.75 Å². The van der Waals surface area contributed by atoms with Crippen molar-refractivity contribution in [3.05, 3.63) is 87.5 Å². The summed E-state index contributed by atoms with van der Waals surface area (Å²) in [5.41, 5.74) is 4.75. The van der Waals surface area contributed by atoms with Gasteiger partial charge < -0.3 is 14.0 Å². The van der Waals surface area contributed by atoms with E-state index < -0.39 is 0 Å². The lowest BCUT2D eigenvalue weighted by Crippen LogP contribution is -2.26. The van der Waals surface area contributed by atoms with E-state index >= 15 is 0 Å². The van der Waals surface area contributed by atoms with Crippen molar-refractivity contribution in [2.45, 2.75) is 27.0 Å². The lowest BCUT2D eigenvalue weighted by molar-refractivity contribution is 0.0786. The number of hydrogen-bond donors (Lipinski definition) is 0. The Hall–Kier alpha value is -3.12.